The molecule has 0 spiro atoms. The Kier molecular flexibility index (Phi) is 5.26. The van der Waals surface area contributed by atoms with Gasteiger partial charge in [0.1, 0.15) is 0 Å². The summed E-state index contributed by atoms with van der Waals surface area (Å²) < 4.78 is 5.53. The van der Waals surface area contributed by atoms with E-state index in [4.69, 9.17) is 4.74 Å². The first-order valence-corrected chi connectivity index (χ1v) is 6.93. The highest BCUT2D eigenvalue weighted by atomic mass is 16.5. The largest absolute Gasteiger partial charge is 0.374 e. The van der Waals surface area contributed by atoms with E-state index in [-0.39, 0.29) is 12.0 Å². The van der Waals surface area contributed by atoms with Crippen LogP contribution in [0.1, 0.15) is 38.5 Å². The minimum atomic E-state index is 0.152. The van der Waals surface area contributed by atoms with E-state index in [1.807, 2.05) is 0 Å². The molecule has 1 aliphatic heterocycles. The van der Waals surface area contributed by atoms with E-state index in [1.54, 1.807) is 0 Å². The molecular formula is C13H24N2O2. The Morgan fingerprint density at radius 1 is 1.35 bits per heavy atom. The quantitative estimate of drug-likeness (QED) is 0.755. The van der Waals surface area contributed by atoms with Crippen LogP contribution < -0.4 is 10.6 Å². The molecule has 4 heteroatoms. The maximum atomic E-state index is 11.7. The maximum Gasteiger partial charge on any atom is 0.220 e. The molecule has 1 heterocycles. The van der Waals surface area contributed by atoms with E-state index in [9.17, 15) is 4.79 Å². The summed E-state index contributed by atoms with van der Waals surface area (Å²) in [4.78, 5) is 11.7. The van der Waals surface area contributed by atoms with Gasteiger partial charge in [-0.25, -0.2) is 0 Å². The van der Waals surface area contributed by atoms with Gasteiger partial charge >= 0.3 is 0 Å². The van der Waals surface area contributed by atoms with E-state index in [1.165, 1.54) is 25.7 Å². The number of hydrogen-bond donors (Lipinski definition) is 2. The van der Waals surface area contributed by atoms with Crippen LogP contribution in [0.15, 0.2) is 0 Å². The van der Waals surface area contributed by atoms with Crippen molar-refractivity contribution in [2.45, 2.75) is 44.6 Å². The van der Waals surface area contributed by atoms with Gasteiger partial charge < -0.3 is 15.4 Å². The Morgan fingerprint density at radius 3 is 2.88 bits per heavy atom. The van der Waals surface area contributed by atoms with Gasteiger partial charge in [-0.1, -0.05) is 25.7 Å². The third kappa shape index (κ3) is 4.64. The Morgan fingerprint density at radius 2 is 2.18 bits per heavy atom. The summed E-state index contributed by atoms with van der Waals surface area (Å²) in [5.74, 6) is 0.986. The predicted octanol–water partition coefficient (Wildman–Crippen LogP) is 1.06. The van der Waals surface area contributed by atoms with Crippen LogP contribution in [0.5, 0.6) is 0 Å². The second-order valence-electron chi connectivity index (χ2n) is 5.19. The Hall–Kier alpha value is -0.610. The van der Waals surface area contributed by atoms with Crippen molar-refractivity contribution in [1.29, 1.82) is 0 Å². The lowest BCUT2D eigenvalue weighted by atomic mass is 10.0. The van der Waals surface area contributed by atoms with E-state index in [0.717, 1.165) is 32.0 Å². The van der Waals surface area contributed by atoms with Crippen LogP contribution in [-0.4, -0.2) is 38.3 Å². The highest BCUT2D eigenvalue weighted by Crippen LogP contribution is 2.28. The first-order chi connectivity index (χ1) is 8.34. The fourth-order valence-electron chi connectivity index (χ4n) is 2.70. The van der Waals surface area contributed by atoms with Crippen LogP contribution >= 0.6 is 0 Å². The number of carbonyl (C=O) groups excluding carboxylic acids is 1. The average Bonchev–Trinajstić information content (AvgIpc) is 2.88. The summed E-state index contributed by atoms with van der Waals surface area (Å²) in [6, 6.07) is 0. The molecule has 1 saturated heterocycles. The van der Waals surface area contributed by atoms with E-state index < -0.39 is 0 Å². The summed E-state index contributed by atoms with van der Waals surface area (Å²) in [5.41, 5.74) is 0. The lowest BCUT2D eigenvalue weighted by molar-refractivity contribution is -0.122. The van der Waals surface area contributed by atoms with Crippen molar-refractivity contribution < 1.29 is 9.53 Å². The zero-order valence-electron chi connectivity index (χ0n) is 10.5. The Balaban J connectivity index is 1.53. The number of ether oxygens (including phenoxy) is 1. The van der Waals surface area contributed by atoms with Crippen LogP contribution in [0.25, 0.3) is 0 Å². The first kappa shape index (κ1) is 12.8. The first-order valence-electron chi connectivity index (χ1n) is 6.93. The number of carbonyl (C=O) groups is 1. The summed E-state index contributed by atoms with van der Waals surface area (Å²) >= 11 is 0. The van der Waals surface area contributed by atoms with Gasteiger partial charge in [-0.3, -0.25) is 4.79 Å². The monoisotopic (exact) mass is 240 g/mol. The average molecular weight is 240 g/mol. The second kappa shape index (κ2) is 6.97. The molecular weight excluding hydrogens is 216 g/mol. The van der Waals surface area contributed by atoms with Crippen molar-refractivity contribution in [2.24, 2.45) is 5.92 Å². The second-order valence-corrected chi connectivity index (χ2v) is 5.19. The maximum absolute atomic E-state index is 11.7. The Labute approximate surface area is 103 Å². The number of amides is 1. The highest BCUT2D eigenvalue weighted by molar-refractivity contribution is 5.75. The lowest BCUT2D eigenvalue weighted by Crippen LogP contribution is -2.45. The van der Waals surface area contributed by atoms with Crippen LogP contribution in [0.3, 0.4) is 0 Å². The molecule has 98 valence electrons. The molecule has 4 nitrogen and oxygen atoms in total. The van der Waals surface area contributed by atoms with Crippen LogP contribution in [0.2, 0.25) is 0 Å². The molecule has 0 radical (unpaired) electrons. The molecule has 0 aromatic heterocycles. The van der Waals surface area contributed by atoms with Crippen LogP contribution in [0, 0.1) is 5.92 Å². The topological polar surface area (TPSA) is 50.4 Å². The van der Waals surface area contributed by atoms with Gasteiger partial charge in [-0.15, -0.1) is 0 Å². The zero-order chi connectivity index (χ0) is 11.9. The zero-order valence-corrected chi connectivity index (χ0v) is 10.5. The molecule has 1 atom stereocenters. The number of nitrogens with one attached hydrogen (secondary N) is 2. The van der Waals surface area contributed by atoms with Gasteiger partial charge in [-0.2, -0.15) is 0 Å². The van der Waals surface area contributed by atoms with Crippen LogP contribution in [-0.2, 0) is 9.53 Å². The van der Waals surface area contributed by atoms with Crippen molar-refractivity contribution in [1.82, 2.24) is 10.6 Å². The van der Waals surface area contributed by atoms with Crippen molar-refractivity contribution in [3.63, 3.8) is 0 Å². The normalized spacial score (nSPS) is 26.0. The summed E-state index contributed by atoms with van der Waals surface area (Å²) in [5, 5.41) is 6.23. The van der Waals surface area contributed by atoms with E-state index in [2.05, 4.69) is 10.6 Å². The molecule has 1 saturated carbocycles. The third-order valence-corrected chi connectivity index (χ3v) is 3.79. The molecule has 0 aromatic rings. The minimum Gasteiger partial charge on any atom is -0.374 e. The van der Waals surface area contributed by atoms with Crippen molar-refractivity contribution in [3.05, 3.63) is 0 Å². The third-order valence-electron chi connectivity index (χ3n) is 3.79. The smallest absolute Gasteiger partial charge is 0.220 e. The number of morpholine rings is 1. The van der Waals surface area contributed by atoms with E-state index >= 15 is 0 Å². The lowest BCUT2D eigenvalue weighted by Gasteiger charge is -2.23. The van der Waals surface area contributed by atoms with Gasteiger partial charge in [0.15, 0.2) is 0 Å². The summed E-state index contributed by atoms with van der Waals surface area (Å²) in [6.45, 7) is 3.17. The molecule has 2 N–H and O–H groups in total. The molecule has 0 bridgehead atoms. The van der Waals surface area contributed by atoms with Crippen molar-refractivity contribution in [2.75, 3.05) is 26.2 Å². The SMILES string of the molecule is O=C(CCC1CCCC1)NCC1CNCCO1. The molecule has 0 aromatic carbocycles. The molecule has 2 aliphatic rings. The van der Waals surface area contributed by atoms with Gasteiger partial charge in [0.05, 0.1) is 12.7 Å². The molecule has 1 aliphatic carbocycles. The van der Waals surface area contributed by atoms with Gasteiger partial charge in [0, 0.05) is 26.1 Å². The van der Waals surface area contributed by atoms with Crippen molar-refractivity contribution in [3.8, 4) is 0 Å². The fourth-order valence-corrected chi connectivity index (χ4v) is 2.70. The molecule has 1 unspecified atom stereocenters. The van der Waals surface area contributed by atoms with Gasteiger partial charge in [0.25, 0.3) is 0 Å². The molecule has 2 rings (SSSR count). The standard InChI is InChI=1S/C13H24N2O2/c16-13(6-5-11-3-1-2-4-11)15-10-12-9-14-7-8-17-12/h11-12,14H,1-10H2,(H,15,16). The fraction of sp³-hybridized carbons (Fsp3) is 0.923. The minimum absolute atomic E-state index is 0.152. The number of hydrogen-bond acceptors (Lipinski definition) is 3. The van der Waals surface area contributed by atoms with Gasteiger partial charge in [-0.05, 0) is 12.3 Å². The van der Waals surface area contributed by atoms with E-state index in [0.29, 0.717) is 13.0 Å². The molecule has 1 amide bonds. The molecule has 17 heavy (non-hydrogen) atoms. The Bertz CT molecular complexity index is 234. The summed E-state index contributed by atoms with van der Waals surface area (Å²) in [6.07, 6.45) is 7.26. The highest BCUT2D eigenvalue weighted by Gasteiger charge is 2.17. The van der Waals surface area contributed by atoms with Gasteiger partial charge in [0.2, 0.25) is 5.91 Å². The summed E-state index contributed by atoms with van der Waals surface area (Å²) in [7, 11) is 0. The number of rotatable bonds is 5. The van der Waals surface area contributed by atoms with Crippen molar-refractivity contribution >= 4 is 5.91 Å². The predicted molar refractivity (Wildman–Crippen MR) is 66.8 cm³/mol. The van der Waals surface area contributed by atoms with Crippen LogP contribution in [0.4, 0.5) is 0 Å². The molecule has 2 fully saturated rings.